The topological polar surface area (TPSA) is 97.6 Å². The quantitative estimate of drug-likeness (QED) is 0.777. The SMILES string of the molecule is CC(C)CCn1nc2n(c1=O)CCC(NC(=O)CCc1cn[nH]c1)CC2. The van der Waals surface area contributed by atoms with Crippen LogP contribution in [0.2, 0.25) is 0 Å². The number of amides is 1. The molecule has 0 bridgehead atoms. The molecule has 0 aliphatic carbocycles. The number of hydrogen-bond donors (Lipinski definition) is 2. The van der Waals surface area contributed by atoms with Crippen LogP contribution in [0.5, 0.6) is 0 Å². The average Bonchev–Trinajstić information content (AvgIpc) is 3.17. The van der Waals surface area contributed by atoms with Gasteiger partial charge in [0.15, 0.2) is 0 Å². The number of nitrogens with zero attached hydrogens (tertiary/aromatic N) is 4. The van der Waals surface area contributed by atoms with Crippen LogP contribution in [0.4, 0.5) is 0 Å². The van der Waals surface area contributed by atoms with Gasteiger partial charge in [0, 0.05) is 38.2 Å². The lowest BCUT2D eigenvalue weighted by Crippen LogP contribution is -2.36. The van der Waals surface area contributed by atoms with Gasteiger partial charge in [0.2, 0.25) is 5.91 Å². The van der Waals surface area contributed by atoms with Crippen LogP contribution in [0.1, 0.15) is 50.9 Å². The summed E-state index contributed by atoms with van der Waals surface area (Å²) in [5.74, 6) is 1.43. The summed E-state index contributed by atoms with van der Waals surface area (Å²) in [6, 6.07) is 0.0945. The van der Waals surface area contributed by atoms with E-state index in [1.54, 1.807) is 15.4 Å². The van der Waals surface area contributed by atoms with E-state index >= 15 is 0 Å². The Bertz CT molecular complexity index is 774. The zero-order valence-electron chi connectivity index (χ0n) is 15.6. The number of aryl methyl sites for hydroxylation is 3. The molecule has 0 fully saturated rings. The summed E-state index contributed by atoms with van der Waals surface area (Å²) in [6.45, 7) is 5.57. The molecule has 0 saturated heterocycles. The third-order valence-electron chi connectivity index (χ3n) is 4.90. The summed E-state index contributed by atoms with van der Waals surface area (Å²) < 4.78 is 3.37. The number of aromatic amines is 1. The third-order valence-corrected chi connectivity index (χ3v) is 4.90. The molecule has 1 unspecified atom stereocenters. The number of fused-ring (bicyclic) bond motifs is 1. The molecule has 1 aliphatic heterocycles. The minimum atomic E-state index is -0.0208. The minimum absolute atomic E-state index is 0.0208. The van der Waals surface area contributed by atoms with E-state index in [2.05, 4.69) is 34.5 Å². The van der Waals surface area contributed by atoms with Gasteiger partial charge in [-0.2, -0.15) is 10.2 Å². The highest BCUT2D eigenvalue weighted by Crippen LogP contribution is 2.13. The molecule has 0 spiro atoms. The molecule has 0 aromatic carbocycles. The van der Waals surface area contributed by atoms with E-state index in [1.807, 2.05) is 6.20 Å². The van der Waals surface area contributed by atoms with Gasteiger partial charge in [0.25, 0.3) is 0 Å². The maximum Gasteiger partial charge on any atom is 0.345 e. The Morgan fingerprint density at radius 1 is 1.42 bits per heavy atom. The molecule has 0 saturated carbocycles. The molecule has 8 heteroatoms. The fourth-order valence-corrected chi connectivity index (χ4v) is 3.27. The van der Waals surface area contributed by atoms with Gasteiger partial charge in [-0.05, 0) is 37.2 Å². The first-order valence-corrected chi connectivity index (χ1v) is 9.46. The van der Waals surface area contributed by atoms with Crippen molar-refractivity contribution in [2.75, 3.05) is 0 Å². The fourth-order valence-electron chi connectivity index (χ4n) is 3.27. The summed E-state index contributed by atoms with van der Waals surface area (Å²) in [6.07, 6.45) is 7.92. The van der Waals surface area contributed by atoms with E-state index in [9.17, 15) is 9.59 Å². The minimum Gasteiger partial charge on any atom is -0.353 e. The van der Waals surface area contributed by atoms with Crippen molar-refractivity contribution in [3.63, 3.8) is 0 Å². The van der Waals surface area contributed by atoms with Crippen molar-refractivity contribution >= 4 is 5.91 Å². The first-order valence-electron chi connectivity index (χ1n) is 9.46. The Morgan fingerprint density at radius 3 is 3.00 bits per heavy atom. The number of nitrogens with one attached hydrogen (secondary N) is 2. The van der Waals surface area contributed by atoms with E-state index in [0.29, 0.717) is 31.8 Å². The highest BCUT2D eigenvalue weighted by molar-refractivity contribution is 5.76. The lowest BCUT2D eigenvalue weighted by Gasteiger charge is -2.15. The smallest absolute Gasteiger partial charge is 0.345 e. The van der Waals surface area contributed by atoms with Crippen LogP contribution in [0.25, 0.3) is 0 Å². The van der Waals surface area contributed by atoms with Crippen LogP contribution in [0, 0.1) is 5.92 Å². The monoisotopic (exact) mass is 360 g/mol. The normalized spacial score (nSPS) is 17.1. The number of aromatic nitrogens is 5. The second-order valence-corrected chi connectivity index (χ2v) is 7.45. The van der Waals surface area contributed by atoms with Gasteiger partial charge in [0.1, 0.15) is 5.82 Å². The number of hydrogen-bond acceptors (Lipinski definition) is 4. The Hall–Kier alpha value is -2.38. The summed E-state index contributed by atoms with van der Waals surface area (Å²) in [7, 11) is 0. The van der Waals surface area contributed by atoms with Gasteiger partial charge >= 0.3 is 5.69 Å². The molecule has 0 radical (unpaired) electrons. The second kappa shape index (κ2) is 8.33. The second-order valence-electron chi connectivity index (χ2n) is 7.45. The van der Waals surface area contributed by atoms with Crippen molar-refractivity contribution in [1.29, 1.82) is 0 Å². The predicted molar refractivity (Wildman–Crippen MR) is 97.7 cm³/mol. The van der Waals surface area contributed by atoms with Crippen molar-refractivity contribution in [2.45, 2.75) is 71.5 Å². The van der Waals surface area contributed by atoms with Gasteiger partial charge in [-0.15, -0.1) is 0 Å². The summed E-state index contributed by atoms with van der Waals surface area (Å²) in [4.78, 5) is 24.7. The molecule has 3 heterocycles. The fraction of sp³-hybridized carbons (Fsp3) is 0.667. The largest absolute Gasteiger partial charge is 0.353 e. The molecule has 1 aliphatic rings. The Balaban J connectivity index is 1.52. The number of rotatable bonds is 7. The highest BCUT2D eigenvalue weighted by atomic mass is 16.2. The summed E-state index contributed by atoms with van der Waals surface area (Å²) in [5, 5.41) is 14.2. The third kappa shape index (κ3) is 4.62. The summed E-state index contributed by atoms with van der Waals surface area (Å²) >= 11 is 0. The zero-order chi connectivity index (χ0) is 18.5. The van der Waals surface area contributed by atoms with E-state index < -0.39 is 0 Å². The molecule has 26 heavy (non-hydrogen) atoms. The Kier molecular flexibility index (Phi) is 5.90. The van der Waals surface area contributed by atoms with Crippen LogP contribution in [0.15, 0.2) is 17.2 Å². The van der Waals surface area contributed by atoms with Gasteiger partial charge in [-0.3, -0.25) is 14.5 Å². The van der Waals surface area contributed by atoms with Crippen LogP contribution >= 0.6 is 0 Å². The zero-order valence-corrected chi connectivity index (χ0v) is 15.6. The predicted octanol–water partition coefficient (Wildman–Crippen LogP) is 1.27. The standard InChI is InChI=1S/C18H28N6O2/c1-13(2)7-10-24-18(26)23-9-8-15(4-5-16(23)22-24)21-17(25)6-3-14-11-19-20-12-14/h11-13,15H,3-10H2,1-2H3,(H,19,20)(H,21,25). The molecular weight excluding hydrogens is 332 g/mol. The van der Waals surface area contributed by atoms with Crippen LogP contribution in [0.3, 0.4) is 0 Å². The molecule has 8 nitrogen and oxygen atoms in total. The van der Waals surface area contributed by atoms with Crippen LogP contribution in [-0.2, 0) is 30.7 Å². The van der Waals surface area contributed by atoms with Crippen LogP contribution < -0.4 is 11.0 Å². The van der Waals surface area contributed by atoms with Crippen molar-refractivity contribution in [1.82, 2.24) is 29.9 Å². The van der Waals surface area contributed by atoms with E-state index in [1.165, 1.54) is 0 Å². The number of carbonyl (C=O) groups is 1. The van der Waals surface area contributed by atoms with E-state index in [4.69, 9.17) is 0 Å². The maximum absolute atomic E-state index is 12.5. The van der Waals surface area contributed by atoms with Crippen LogP contribution in [-0.4, -0.2) is 36.5 Å². The van der Waals surface area contributed by atoms with Crippen molar-refractivity contribution in [3.05, 3.63) is 34.3 Å². The average molecular weight is 360 g/mol. The lowest BCUT2D eigenvalue weighted by molar-refractivity contribution is -0.121. The van der Waals surface area contributed by atoms with Gasteiger partial charge in [0.05, 0.1) is 6.20 Å². The molecule has 2 N–H and O–H groups in total. The lowest BCUT2D eigenvalue weighted by atomic mass is 10.1. The number of carbonyl (C=O) groups excluding carboxylic acids is 1. The number of H-pyrrole nitrogens is 1. The maximum atomic E-state index is 12.5. The highest BCUT2D eigenvalue weighted by Gasteiger charge is 2.22. The Labute approximate surface area is 153 Å². The first-order chi connectivity index (χ1) is 12.5. The van der Waals surface area contributed by atoms with Gasteiger partial charge in [-0.25, -0.2) is 9.48 Å². The molecule has 142 valence electrons. The molecule has 1 amide bonds. The molecule has 2 aromatic heterocycles. The van der Waals surface area contributed by atoms with Crippen molar-refractivity contribution in [2.24, 2.45) is 5.92 Å². The first kappa shape index (κ1) is 18.4. The van der Waals surface area contributed by atoms with Crippen molar-refractivity contribution < 1.29 is 4.79 Å². The van der Waals surface area contributed by atoms with Gasteiger partial charge in [-0.1, -0.05) is 13.8 Å². The van der Waals surface area contributed by atoms with E-state index in [-0.39, 0.29) is 17.6 Å². The molecular formula is C18H28N6O2. The van der Waals surface area contributed by atoms with E-state index in [0.717, 1.165) is 37.1 Å². The molecule has 2 aromatic rings. The van der Waals surface area contributed by atoms with Gasteiger partial charge < -0.3 is 5.32 Å². The molecule has 1 atom stereocenters. The Morgan fingerprint density at radius 2 is 2.27 bits per heavy atom. The van der Waals surface area contributed by atoms with Crippen molar-refractivity contribution in [3.8, 4) is 0 Å². The molecule has 3 rings (SSSR count). The summed E-state index contributed by atoms with van der Waals surface area (Å²) in [5.41, 5.74) is 1.01.